The van der Waals surface area contributed by atoms with Gasteiger partial charge in [0.2, 0.25) is 11.9 Å². The van der Waals surface area contributed by atoms with Crippen molar-refractivity contribution in [3.8, 4) is 22.4 Å². The molecule has 5 rings (SSSR count). The lowest BCUT2D eigenvalue weighted by atomic mass is 10.0. The van der Waals surface area contributed by atoms with E-state index in [-0.39, 0.29) is 5.82 Å². The molecule has 2 aromatic heterocycles. The van der Waals surface area contributed by atoms with Gasteiger partial charge in [-0.2, -0.15) is 5.10 Å². The molecule has 32 heavy (non-hydrogen) atoms. The number of amides is 1. The summed E-state index contributed by atoms with van der Waals surface area (Å²) in [5.41, 5.74) is 11.0. The lowest BCUT2D eigenvalue weighted by molar-refractivity contribution is 0.100. The molecule has 1 amide bonds. The first-order valence-corrected chi connectivity index (χ1v) is 9.95. The fraction of sp³-hybridized carbons (Fsp3) is 0. The summed E-state index contributed by atoms with van der Waals surface area (Å²) >= 11 is 0. The first-order chi connectivity index (χ1) is 15.6. The van der Waals surface area contributed by atoms with Gasteiger partial charge in [0.25, 0.3) is 0 Å². The number of aromatic nitrogens is 3. The van der Waals surface area contributed by atoms with Crippen LogP contribution in [0.15, 0.2) is 91.1 Å². The number of hydrogen-bond donors (Lipinski definition) is 2. The molecule has 5 aromatic rings. The summed E-state index contributed by atoms with van der Waals surface area (Å²) in [6.45, 7) is 0. The van der Waals surface area contributed by atoms with E-state index in [9.17, 15) is 9.18 Å². The van der Waals surface area contributed by atoms with Crippen molar-refractivity contribution in [3.05, 3.63) is 103 Å². The van der Waals surface area contributed by atoms with E-state index in [0.29, 0.717) is 11.5 Å². The van der Waals surface area contributed by atoms with Crippen molar-refractivity contribution in [2.24, 2.45) is 5.73 Å². The minimum Gasteiger partial charge on any atom is -0.366 e. The van der Waals surface area contributed by atoms with Crippen LogP contribution in [0.25, 0.3) is 27.9 Å². The van der Waals surface area contributed by atoms with Crippen LogP contribution in [0.2, 0.25) is 0 Å². The smallest absolute Gasteiger partial charge is 0.248 e. The zero-order valence-electron chi connectivity index (χ0n) is 16.9. The van der Waals surface area contributed by atoms with Crippen molar-refractivity contribution in [3.63, 3.8) is 0 Å². The number of nitrogens with zero attached hydrogens (tertiary/aromatic N) is 3. The average molecular weight is 423 g/mol. The van der Waals surface area contributed by atoms with Gasteiger partial charge in [-0.1, -0.05) is 36.4 Å². The Balaban J connectivity index is 1.48. The van der Waals surface area contributed by atoms with Crippen molar-refractivity contribution in [1.82, 2.24) is 14.6 Å². The van der Waals surface area contributed by atoms with Crippen molar-refractivity contribution in [2.45, 2.75) is 0 Å². The van der Waals surface area contributed by atoms with Gasteiger partial charge in [0.05, 0.1) is 17.4 Å². The Kier molecular flexibility index (Phi) is 4.84. The molecule has 0 saturated heterocycles. The molecule has 0 aliphatic rings. The van der Waals surface area contributed by atoms with Crippen LogP contribution in [0, 0.1) is 5.82 Å². The van der Waals surface area contributed by atoms with Crippen LogP contribution in [0.1, 0.15) is 10.4 Å². The predicted molar refractivity (Wildman–Crippen MR) is 122 cm³/mol. The van der Waals surface area contributed by atoms with Gasteiger partial charge in [0.15, 0.2) is 0 Å². The van der Waals surface area contributed by atoms with Gasteiger partial charge < -0.3 is 11.1 Å². The highest BCUT2D eigenvalue weighted by atomic mass is 19.1. The Morgan fingerprint density at radius 1 is 0.844 bits per heavy atom. The van der Waals surface area contributed by atoms with E-state index < -0.39 is 5.91 Å². The highest BCUT2D eigenvalue weighted by molar-refractivity contribution is 5.93. The number of benzene rings is 3. The normalized spacial score (nSPS) is 10.9. The molecule has 3 N–H and O–H groups in total. The number of carbonyl (C=O) groups is 1. The van der Waals surface area contributed by atoms with Gasteiger partial charge in [0.1, 0.15) is 5.82 Å². The molecule has 156 valence electrons. The molecule has 0 fully saturated rings. The van der Waals surface area contributed by atoms with Crippen LogP contribution in [0.3, 0.4) is 0 Å². The van der Waals surface area contributed by atoms with Gasteiger partial charge in [-0.05, 0) is 59.7 Å². The van der Waals surface area contributed by atoms with Gasteiger partial charge in [-0.15, -0.1) is 0 Å². The molecule has 0 spiro atoms. The SMILES string of the molecule is NC(=O)c1ccc(Nc2nc(-c3ccc(-c4ccc(F)cc4)cc3)cc3ccnn23)cc1. The maximum atomic E-state index is 13.2. The third kappa shape index (κ3) is 3.79. The van der Waals surface area contributed by atoms with E-state index in [1.165, 1.54) is 12.1 Å². The van der Waals surface area contributed by atoms with E-state index in [1.54, 1.807) is 47.1 Å². The second-order valence-electron chi connectivity index (χ2n) is 7.28. The molecule has 3 aromatic carbocycles. The monoisotopic (exact) mass is 423 g/mol. The van der Waals surface area contributed by atoms with Gasteiger partial charge >= 0.3 is 0 Å². The third-order valence-electron chi connectivity index (χ3n) is 5.17. The minimum absolute atomic E-state index is 0.257. The number of nitrogens with two attached hydrogens (primary N) is 1. The number of fused-ring (bicyclic) bond motifs is 1. The van der Waals surface area contributed by atoms with E-state index in [0.717, 1.165) is 33.6 Å². The summed E-state index contributed by atoms with van der Waals surface area (Å²) in [5.74, 6) is -0.194. The topological polar surface area (TPSA) is 85.3 Å². The molecule has 2 heterocycles. The molecule has 0 aliphatic carbocycles. The van der Waals surface area contributed by atoms with Gasteiger partial charge in [-0.3, -0.25) is 4.79 Å². The number of halogens is 1. The number of rotatable bonds is 5. The molecule has 0 unspecified atom stereocenters. The van der Waals surface area contributed by atoms with Gasteiger partial charge in [0, 0.05) is 16.8 Å². The predicted octanol–water partition coefficient (Wildman–Crippen LogP) is 5.04. The highest BCUT2D eigenvalue weighted by Gasteiger charge is 2.10. The lowest BCUT2D eigenvalue weighted by Gasteiger charge is -2.11. The Morgan fingerprint density at radius 2 is 1.47 bits per heavy atom. The number of carbonyl (C=O) groups excluding carboxylic acids is 1. The second kappa shape index (κ2) is 7.96. The average Bonchev–Trinajstić information content (AvgIpc) is 3.29. The summed E-state index contributed by atoms with van der Waals surface area (Å²) in [7, 11) is 0. The Labute approximate surface area is 183 Å². The summed E-state index contributed by atoms with van der Waals surface area (Å²) in [4.78, 5) is 16.1. The maximum absolute atomic E-state index is 13.2. The summed E-state index contributed by atoms with van der Waals surface area (Å²) in [5, 5.41) is 7.60. The van der Waals surface area contributed by atoms with Crippen molar-refractivity contribution < 1.29 is 9.18 Å². The van der Waals surface area contributed by atoms with E-state index in [2.05, 4.69) is 10.4 Å². The molecule has 0 radical (unpaired) electrons. The van der Waals surface area contributed by atoms with E-state index >= 15 is 0 Å². The van der Waals surface area contributed by atoms with Crippen LogP contribution >= 0.6 is 0 Å². The summed E-state index contributed by atoms with van der Waals surface area (Å²) in [6.07, 6.45) is 1.71. The zero-order valence-corrected chi connectivity index (χ0v) is 16.9. The fourth-order valence-corrected chi connectivity index (χ4v) is 3.49. The van der Waals surface area contributed by atoms with Crippen LogP contribution in [-0.4, -0.2) is 20.5 Å². The number of nitrogens with one attached hydrogen (secondary N) is 1. The quantitative estimate of drug-likeness (QED) is 0.414. The molecule has 0 atom stereocenters. The maximum Gasteiger partial charge on any atom is 0.248 e. The first kappa shape index (κ1) is 19.4. The van der Waals surface area contributed by atoms with E-state index in [1.807, 2.05) is 36.4 Å². The molecule has 0 aliphatic heterocycles. The summed E-state index contributed by atoms with van der Waals surface area (Å²) in [6, 6.07) is 25.1. The van der Waals surface area contributed by atoms with Crippen LogP contribution in [-0.2, 0) is 0 Å². The van der Waals surface area contributed by atoms with Crippen LogP contribution < -0.4 is 11.1 Å². The largest absolute Gasteiger partial charge is 0.366 e. The van der Waals surface area contributed by atoms with E-state index in [4.69, 9.17) is 10.7 Å². The number of primary amides is 1. The number of anilines is 2. The highest BCUT2D eigenvalue weighted by Crippen LogP contribution is 2.27. The molecule has 7 heteroatoms. The Morgan fingerprint density at radius 3 is 2.12 bits per heavy atom. The Hall–Kier alpha value is -4.52. The van der Waals surface area contributed by atoms with Crippen molar-refractivity contribution >= 4 is 23.1 Å². The molecule has 0 bridgehead atoms. The fourth-order valence-electron chi connectivity index (χ4n) is 3.49. The van der Waals surface area contributed by atoms with Crippen LogP contribution in [0.5, 0.6) is 0 Å². The van der Waals surface area contributed by atoms with Gasteiger partial charge in [-0.25, -0.2) is 13.9 Å². The lowest BCUT2D eigenvalue weighted by Crippen LogP contribution is -2.10. The first-order valence-electron chi connectivity index (χ1n) is 9.95. The molecular weight excluding hydrogens is 405 g/mol. The Bertz CT molecular complexity index is 1410. The molecule has 6 nitrogen and oxygen atoms in total. The second-order valence-corrected chi connectivity index (χ2v) is 7.28. The third-order valence-corrected chi connectivity index (χ3v) is 5.17. The zero-order chi connectivity index (χ0) is 22.1. The minimum atomic E-state index is -0.477. The standard InChI is InChI=1S/C25H18FN5O/c26-20-9-5-17(6-10-20)16-1-3-18(4-2-16)23-15-22-13-14-28-31(22)25(30-23)29-21-11-7-19(8-12-21)24(27)32/h1-15H,(H2,27,32)(H,29,30). The van der Waals surface area contributed by atoms with Crippen LogP contribution in [0.4, 0.5) is 16.0 Å². The van der Waals surface area contributed by atoms with Crippen molar-refractivity contribution in [1.29, 1.82) is 0 Å². The molecule has 0 saturated carbocycles. The van der Waals surface area contributed by atoms with Crippen molar-refractivity contribution in [2.75, 3.05) is 5.32 Å². The number of hydrogen-bond acceptors (Lipinski definition) is 4. The molecular formula is C25H18FN5O. The summed E-state index contributed by atoms with van der Waals surface area (Å²) < 4.78 is 14.9.